The van der Waals surface area contributed by atoms with Gasteiger partial charge in [-0.15, -0.1) is 0 Å². The number of amides is 1. The summed E-state index contributed by atoms with van der Waals surface area (Å²) in [5, 5.41) is 8.32. The van der Waals surface area contributed by atoms with Gasteiger partial charge >= 0.3 is 0 Å². The Morgan fingerprint density at radius 2 is 2.04 bits per heavy atom. The minimum Gasteiger partial charge on any atom is -0.381 e. The lowest BCUT2D eigenvalue weighted by molar-refractivity contribution is -0.125. The standard InChI is InChI=1S/C22H30ClN3O2/c1-15-6-5-7-19(12-15)22(8-10-28-11-9-22)14-24-21(27)16(2)13-26-18(4)20(23)17(3)25-26/h5-7,12,16H,8-11,13-14H2,1-4H3,(H,24,27)/t16-/m0/s1. The van der Waals surface area contributed by atoms with Gasteiger partial charge in [-0.1, -0.05) is 48.4 Å². The van der Waals surface area contributed by atoms with E-state index in [1.165, 1.54) is 11.1 Å². The van der Waals surface area contributed by atoms with Crippen molar-refractivity contribution in [1.29, 1.82) is 0 Å². The van der Waals surface area contributed by atoms with Crippen molar-refractivity contribution in [3.05, 3.63) is 51.8 Å². The molecule has 5 nitrogen and oxygen atoms in total. The lowest BCUT2D eigenvalue weighted by Gasteiger charge is -2.38. The molecule has 1 aliphatic heterocycles. The fourth-order valence-electron chi connectivity index (χ4n) is 3.93. The molecule has 1 amide bonds. The van der Waals surface area contributed by atoms with E-state index in [1.807, 2.05) is 25.5 Å². The van der Waals surface area contributed by atoms with Crippen LogP contribution in [0.25, 0.3) is 0 Å². The number of halogens is 1. The van der Waals surface area contributed by atoms with Crippen LogP contribution in [0.15, 0.2) is 24.3 Å². The molecule has 1 aliphatic rings. The summed E-state index contributed by atoms with van der Waals surface area (Å²) in [6.07, 6.45) is 1.83. The SMILES string of the molecule is Cc1cccc(C2(CNC(=O)[C@@H](C)Cn3nc(C)c(Cl)c3C)CCOCC2)c1. The van der Waals surface area contributed by atoms with Crippen LogP contribution in [0.2, 0.25) is 5.02 Å². The molecule has 1 aromatic carbocycles. The first-order valence-electron chi connectivity index (χ1n) is 9.94. The molecule has 1 N–H and O–H groups in total. The van der Waals surface area contributed by atoms with Crippen LogP contribution < -0.4 is 5.32 Å². The lowest BCUT2D eigenvalue weighted by Crippen LogP contribution is -2.46. The molecule has 2 aromatic rings. The Balaban J connectivity index is 1.69. The lowest BCUT2D eigenvalue weighted by atomic mass is 9.73. The highest BCUT2D eigenvalue weighted by molar-refractivity contribution is 6.31. The van der Waals surface area contributed by atoms with Crippen molar-refractivity contribution in [3.63, 3.8) is 0 Å². The molecule has 6 heteroatoms. The first-order chi connectivity index (χ1) is 13.3. The van der Waals surface area contributed by atoms with E-state index in [4.69, 9.17) is 16.3 Å². The molecule has 0 radical (unpaired) electrons. The highest BCUT2D eigenvalue weighted by Gasteiger charge is 2.35. The monoisotopic (exact) mass is 403 g/mol. The Kier molecular flexibility index (Phi) is 6.46. The zero-order chi connectivity index (χ0) is 20.3. The molecule has 0 unspecified atom stereocenters. The van der Waals surface area contributed by atoms with Crippen molar-refractivity contribution in [2.45, 2.75) is 52.5 Å². The van der Waals surface area contributed by atoms with Crippen LogP contribution in [-0.4, -0.2) is 35.4 Å². The summed E-state index contributed by atoms with van der Waals surface area (Å²) in [6.45, 7) is 10.5. The van der Waals surface area contributed by atoms with Crippen molar-refractivity contribution < 1.29 is 9.53 Å². The van der Waals surface area contributed by atoms with Gasteiger partial charge in [0.1, 0.15) is 0 Å². The first-order valence-corrected chi connectivity index (χ1v) is 10.3. The number of carbonyl (C=O) groups is 1. The molecule has 0 bridgehead atoms. The van der Waals surface area contributed by atoms with Gasteiger partial charge in [-0.3, -0.25) is 9.48 Å². The van der Waals surface area contributed by atoms with Gasteiger partial charge < -0.3 is 10.1 Å². The van der Waals surface area contributed by atoms with E-state index in [0.717, 1.165) is 37.4 Å². The van der Waals surface area contributed by atoms with Crippen LogP contribution in [0.3, 0.4) is 0 Å². The number of aryl methyl sites for hydroxylation is 2. The first kappa shape index (κ1) is 20.9. The molecule has 0 spiro atoms. The third kappa shape index (κ3) is 4.41. The molecular formula is C22H30ClN3O2. The normalized spacial score (nSPS) is 17.3. The van der Waals surface area contributed by atoms with E-state index in [-0.39, 0.29) is 17.2 Å². The highest BCUT2D eigenvalue weighted by Crippen LogP contribution is 2.34. The quantitative estimate of drug-likeness (QED) is 0.794. The van der Waals surface area contributed by atoms with Gasteiger partial charge in [0, 0.05) is 25.2 Å². The second-order valence-corrected chi connectivity index (χ2v) is 8.43. The van der Waals surface area contributed by atoms with Crippen LogP contribution in [0.5, 0.6) is 0 Å². The van der Waals surface area contributed by atoms with Gasteiger partial charge in [-0.25, -0.2) is 0 Å². The minimum absolute atomic E-state index is 0.0437. The average molecular weight is 404 g/mol. The van der Waals surface area contributed by atoms with E-state index in [0.29, 0.717) is 18.1 Å². The van der Waals surface area contributed by atoms with Crippen molar-refractivity contribution in [1.82, 2.24) is 15.1 Å². The summed E-state index contributed by atoms with van der Waals surface area (Å²) < 4.78 is 7.43. The number of nitrogens with zero attached hydrogens (tertiary/aromatic N) is 2. The number of benzene rings is 1. The Morgan fingerprint density at radius 3 is 2.64 bits per heavy atom. The number of hydrogen-bond donors (Lipinski definition) is 1. The summed E-state index contributed by atoms with van der Waals surface area (Å²) in [4.78, 5) is 12.8. The average Bonchev–Trinajstić information content (AvgIpc) is 2.93. The maximum absolute atomic E-state index is 12.8. The van der Waals surface area contributed by atoms with E-state index < -0.39 is 0 Å². The second kappa shape index (κ2) is 8.66. The molecule has 1 aromatic heterocycles. The fourth-order valence-corrected chi connectivity index (χ4v) is 4.07. The Bertz CT molecular complexity index is 840. The van der Waals surface area contributed by atoms with E-state index in [9.17, 15) is 4.79 Å². The summed E-state index contributed by atoms with van der Waals surface area (Å²) in [5.41, 5.74) is 4.16. The topological polar surface area (TPSA) is 56.2 Å². The fraction of sp³-hybridized carbons (Fsp3) is 0.545. The van der Waals surface area contributed by atoms with E-state index >= 15 is 0 Å². The smallest absolute Gasteiger partial charge is 0.224 e. The minimum atomic E-state index is -0.191. The molecule has 1 fully saturated rings. The van der Waals surface area contributed by atoms with Gasteiger partial charge in [0.2, 0.25) is 5.91 Å². The van der Waals surface area contributed by atoms with Gasteiger partial charge in [-0.2, -0.15) is 5.10 Å². The number of aromatic nitrogens is 2. The van der Waals surface area contributed by atoms with Crippen LogP contribution in [0, 0.1) is 26.7 Å². The van der Waals surface area contributed by atoms with Crippen molar-refractivity contribution >= 4 is 17.5 Å². The maximum Gasteiger partial charge on any atom is 0.224 e. The summed E-state index contributed by atoms with van der Waals surface area (Å²) in [7, 11) is 0. The zero-order valence-corrected chi connectivity index (χ0v) is 18.0. The van der Waals surface area contributed by atoms with Crippen molar-refractivity contribution in [2.24, 2.45) is 5.92 Å². The number of nitrogens with one attached hydrogen (secondary N) is 1. The van der Waals surface area contributed by atoms with Crippen molar-refractivity contribution in [3.8, 4) is 0 Å². The molecular weight excluding hydrogens is 374 g/mol. The van der Waals surface area contributed by atoms with E-state index in [1.54, 1.807) is 0 Å². The molecule has 1 saturated heterocycles. The molecule has 0 aliphatic carbocycles. The zero-order valence-electron chi connectivity index (χ0n) is 17.2. The number of ether oxygens (including phenoxy) is 1. The third-order valence-electron chi connectivity index (χ3n) is 5.87. The van der Waals surface area contributed by atoms with E-state index in [2.05, 4.69) is 41.6 Å². The van der Waals surface area contributed by atoms with Crippen LogP contribution in [0.4, 0.5) is 0 Å². The summed E-state index contributed by atoms with van der Waals surface area (Å²) in [6, 6.07) is 8.61. The number of rotatable bonds is 6. The van der Waals surface area contributed by atoms with Gasteiger partial charge in [0.15, 0.2) is 0 Å². The Morgan fingerprint density at radius 1 is 1.32 bits per heavy atom. The van der Waals surface area contributed by atoms with Crippen LogP contribution in [-0.2, 0) is 21.5 Å². The van der Waals surface area contributed by atoms with Crippen LogP contribution in [0.1, 0.15) is 42.3 Å². The van der Waals surface area contributed by atoms with Gasteiger partial charge in [0.05, 0.1) is 28.9 Å². The third-order valence-corrected chi connectivity index (χ3v) is 6.42. The molecule has 0 saturated carbocycles. The Labute approximate surface area is 172 Å². The van der Waals surface area contributed by atoms with Crippen molar-refractivity contribution in [2.75, 3.05) is 19.8 Å². The molecule has 3 rings (SSSR count). The molecule has 2 heterocycles. The van der Waals surface area contributed by atoms with Gasteiger partial charge in [0.25, 0.3) is 0 Å². The number of carbonyl (C=O) groups excluding carboxylic acids is 1. The van der Waals surface area contributed by atoms with Gasteiger partial charge in [-0.05, 0) is 39.2 Å². The molecule has 28 heavy (non-hydrogen) atoms. The summed E-state index contributed by atoms with van der Waals surface area (Å²) in [5.74, 6) is -0.148. The summed E-state index contributed by atoms with van der Waals surface area (Å²) >= 11 is 6.23. The predicted molar refractivity (Wildman–Crippen MR) is 112 cm³/mol. The maximum atomic E-state index is 12.8. The molecule has 1 atom stereocenters. The highest BCUT2D eigenvalue weighted by atomic mass is 35.5. The predicted octanol–water partition coefficient (Wildman–Crippen LogP) is 3.96. The largest absolute Gasteiger partial charge is 0.381 e. The second-order valence-electron chi connectivity index (χ2n) is 8.05. The molecule has 152 valence electrons. The number of hydrogen-bond acceptors (Lipinski definition) is 3. The Hall–Kier alpha value is -1.85. The van der Waals surface area contributed by atoms with Crippen LogP contribution >= 0.6 is 11.6 Å².